The summed E-state index contributed by atoms with van der Waals surface area (Å²) >= 11 is 1.78. The summed E-state index contributed by atoms with van der Waals surface area (Å²) in [6, 6.07) is 10.5. The van der Waals surface area contributed by atoms with Crippen molar-refractivity contribution in [1.82, 2.24) is 0 Å². The maximum atomic E-state index is 10.1. The highest BCUT2D eigenvalue weighted by molar-refractivity contribution is 7.09. The van der Waals surface area contributed by atoms with Gasteiger partial charge in [-0.25, -0.2) is 0 Å². The van der Waals surface area contributed by atoms with Gasteiger partial charge >= 0.3 is 0 Å². The molecular formula is C17H23NO2S. The zero-order valence-electron chi connectivity index (χ0n) is 13.0. The van der Waals surface area contributed by atoms with Crippen LogP contribution in [-0.2, 0) is 6.42 Å². The summed E-state index contributed by atoms with van der Waals surface area (Å²) in [6.45, 7) is 3.98. The van der Waals surface area contributed by atoms with Crippen LogP contribution >= 0.6 is 11.3 Å². The number of anilines is 1. The van der Waals surface area contributed by atoms with Crippen molar-refractivity contribution in [3.63, 3.8) is 0 Å². The molecule has 0 radical (unpaired) electrons. The van der Waals surface area contributed by atoms with Gasteiger partial charge in [-0.3, -0.25) is 0 Å². The number of hydrogen-bond donors (Lipinski definition) is 1. The van der Waals surface area contributed by atoms with Crippen molar-refractivity contribution in [3.05, 3.63) is 46.2 Å². The van der Waals surface area contributed by atoms with Gasteiger partial charge in [0.2, 0.25) is 0 Å². The average Bonchev–Trinajstić information content (AvgIpc) is 2.98. The second-order valence-electron chi connectivity index (χ2n) is 5.31. The van der Waals surface area contributed by atoms with Crippen LogP contribution in [-0.4, -0.2) is 25.3 Å². The predicted octanol–water partition coefficient (Wildman–Crippen LogP) is 3.88. The Labute approximate surface area is 130 Å². The lowest BCUT2D eigenvalue weighted by Crippen LogP contribution is -2.31. The Bertz CT molecular complexity index is 566. The fraction of sp³-hybridized carbons (Fsp3) is 0.412. The molecule has 0 saturated carbocycles. The van der Waals surface area contributed by atoms with Crippen molar-refractivity contribution < 1.29 is 9.84 Å². The standard InChI is InChI=1S/C17H23NO2S/c1-12(11-14-7-6-10-21-14)18(3)15-8-5-9-16(20-4)17(15)13(2)19/h5-10,12-13,19H,11H2,1-4H3/t12?,13-/m0/s1. The van der Waals surface area contributed by atoms with Gasteiger partial charge < -0.3 is 14.7 Å². The van der Waals surface area contributed by atoms with Crippen molar-refractivity contribution in [2.24, 2.45) is 0 Å². The van der Waals surface area contributed by atoms with E-state index in [0.29, 0.717) is 6.04 Å². The van der Waals surface area contributed by atoms with Crippen LogP contribution in [0.4, 0.5) is 5.69 Å². The van der Waals surface area contributed by atoms with E-state index in [4.69, 9.17) is 4.74 Å². The molecule has 2 atom stereocenters. The Kier molecular flexibility index (Phi) is 5.26. The average molecular weight is 305 g/mol. The maximum absolute atomic E-state index is 10.1. The summed E-state index contributed by atoms with van der Waals surface area (Å²) in [6.07, 6.45) is 0.428. The molecule has 1 unspecified atom stereocenters. The van der Waals surface area contributed by atoms with E-state index in [2.05, 4.69) is 36.4 Å². The van der Waals surface area contributed by atoms with E-state index >= 15 is 0 Å². The first kappa shape index (κ1) is 15.9. The largest absolute Gasteiger partial charge is 0.496 e. The van der Waals surface area contributed by atoms with Crippen molar-refractivity contribution in [1.29, 1.82) is 0 Å². The number of methoxy groups -OCH3 is 1. The smallest absolute Gasteiger partial charge is 0.126 e. The maximum Gasteiger partial charge on any atom is 0.126 e. The summed E-state index contributed by atoms with van der Waals surface area (Å²) in [4.78, 5) is 3.58. The molecule has 0 bridgehead atoms. The van der Waals surface area contributed by atoms with Gasteiger partial charge in [0.25, 0.3) is 0 Å². The van der Waals surface area contributed by atoms with E-state index in [1.165, 1.54) is 4.88 Å². The van der Waals surface area contributed by atoms with Crippen LogP contribution in [0, 0.1) is 0 Å². The first-order valence-corrected chi connectivity index (χ1v) is 8.02. The van der Waals surface area contributed by atoms with E-state index in [1.54, 1.807) is 25.4 Å². The molecule has 1 heterocycles. The Morgan fingerprint density at radius 1 is 1.24 bits per heavy atom. The van der Waals surface area contributed by atoms with Crippen molar-refractivity contribution in [2.75, 3.05) is 19.1 Å². The number of aliphatic hydroxyl groups excluding tert-OH is 1. The highest BCUT2D eigenvalue weighted by Gasteiger charge is 2.20. The summed E-state index contributed by atoms with van der Waals surface area (Å²) in [5.74, 6) is 0.734. The highest BCUT2D eigenvalue weighted by atomic mass is 32.1. The summed E-state index contributed by atoms with van der Waals surface area (Å²) in [7, 11) is 3.71. The summed E-state index contributed by atoms with van der Waals surface area (Å²) in [5, 5.41) is 12.2. The third kappa shape index (κ3) is 3.57. The van der Waals surface area contributed by atoms with Gasteiger partial charge in [-0.05, 0) is 37.4 Å². The zero-order chi connectivity index (χ0) is 15.4. The number of nitrogens with zero attached hydrogens (tertiary/aromatic N) is 1. The van der Waals surface area contributed by atoms with E-state index < -0.39 is 6.10 Å². The number of aliphatic hydroxyl groups is 1. The zero-order valence-corrected chi connectivity index (χ0v) is 13.9. The molecule has 2 rings (SSSR count). The number of likely N-dealkylation sites (N-methyl/N-ethyl adjacent to an activating group) is 1. The molecule has 114 valence electrons. The van der Waals surface area contributed by atoms with Crippen LogP contribution in [0.25, 0.3) is 0 Å². The second-order valence-corrected chi connectivity index (χ2v) is 6.34. The van der Waals surface area contributed by atoms with Crippen molar-refractivity contribution >= 4 is 17.0 Å². The summed E-state index contributed by atoms with van der Waals surface area (Å²) < 4.78 is 5.40. The molecule has 0 aliphatic carbocycles. The fourth-order valence-electron chi connectivity index (χ4n) is 2.53. The topological polar surface area (TPSA) is 32.7 Å². The predicted molar refractivity (Wildman–Crippen MR) is 89.5 cm³/mol. The van der Waals surface area contributed by atoms with Crippen LogP contribution in [0.3, 0.4) is 0 Å². The highest BCUT2D eigenvalue weighted by Crippen LogP contribution is 2.35. The van der Waals surface area contributed by atoms with E-state index in [9.17, 15) is 5.11 Å². The lowest BCUT2D eigenvalue weighted by molar-refractivity contribution is 0.194. The number of benzene rings is 1. The minimum Gasteiger partial charge on any atom is -0.496 e. The van der Waals surface area contributed by atoms with Gasteiger partial charge in [-0.1, -0.05) is 12.1 Å². The van der Waals surface area contributed by atoms with Crippen LogP contribution in [0.1, 0.15) is 30.4 Å². The van der Waals surface area contributed by atoms with E-state index in [-0.39, 0.29) is 0 Å². The van der Waals surface area contributed by atoms with Gasteiger partial charge in [0, 0.05) is 35.6 Å². The molecule has 0 fully saturated rings. The SMILES string of the molecule is COc1cccc(N(C)C(C)Cc2cccs2)c1[C@H](C)O. The molecule has 0 spiro atoms. The Hall–Kier alpha value is -1.52. The molecule has 0 aliphatic heterocycles. The van der Waals surface area contributed by atoms with Crippen molar-refractivity contribution in [3.8, 4) is 5.75 Å². The quantitative estimate of drug-likeness (QED) is 0.879. The first-order chi connectivity index (χ1) is 10.0. The fourth-order valence-corrected chi connectivity index (χ4v) is 3.36. The number of thiophene rings is 1. The third-order valence-corrected chi connectivity index (χ3v) is 4.70. The van der Waals surface area contributed by atoms with Gasteiger partial charge in [0.1, 0.15) is 5.75 Å². The van der Waals surface area contributed by atoms with Crippen LogP contribution in [0.2, 0.25) is 0 Å². The molecule has 4 heteroatoms. The molecule has 1 N–H and O–H groups in total. The third-order valence-electron chi connectivity index (χ3n) is 3.80. The van der Waals surface area contributed by atoms with E-state index in [0.717, 1.165) is 23.4 Å². The Balaban J connectivity index is 2.27. The lowest BCUT2D eigenvalue weighted by Gasteiger charge is -2.30. The van der Waals surface area contributed by atoms with E-state index in [1.807, 2.05) is 18.2 Å². The molecule has 21 heavy (non-hydrogen) atoms. The number of hydrogen-bond acceptors (Lipinski definition) is 4. The molecular weight excluding hydrogens is 282 g/mol. The van der Waals surface area contributed by atoms with Gasteiger partial charge in [-0.2, -0.15) is 0 Å². The molecule has 0 aliphatic rings. The monoisotopic (exact) mass is 305 g/mol. The minimum absolute atomic E-state index is 0.341. The van der Waals surface area contributed by atoms with Crippen molar-refractivity contribution in [2.45, 2.75) is 32.4 Å². The first-order valence-electron chi connectivity index (χ1n) is 7.14. The lowest BCUT2D eigenvalue weighted by atomic mass is 10.0. The number of ether oxygens (including phenoxy) is 1. The number of rotatable bonds is 6. The normalized spacial score (nSPS) is 13.8. The van der Waals surface area contributed by atoms with Gasteiger partial charge in [0.15, 0.2) is 0 Å². The minimum atomic E-state index is -0.562. The summed E-state index contributed by atoms with van der Waals surface area (Å²) in [5.41, 5.74) is 1.87. The van der Waals surface area contributed by atoms with Crippen LogP contribution in [0.5, 0.6) is 5.75 Å². The molecule has 1 aromatic carbocycles. The molecule has 2 aromatic rings. The van der Waals surface area contributed by atoms with Gasteiger partial charge in [0.05, 0.1) is 13.2 Å². The van der Waals surface area contributed by atoms with Crippen LogP contribution in [0.15, 0.2) is 35.7 Å². The molecule has 1 aromatic heterocycles. The Morgan fingerprint density at radius 3 is 2.57 bits per heavy atom. The molecule has 3 nitrogen and oxygen atoms in total. The second kappa shape index (κ2) is 6.96. The molecule has 0 saturated heterocycles. The van der Waals surface area contributed by atoms with Crippen LogP contribution < -0.4 is 9.64 Å². The molecule has 0 amide bonds. The Morgan fingerprint density at radius 2 is 2.00 bits per heavy atom. The van der Waals surface area contributed by atoms with Gasteiger partial charge in [-0.15, -0.1) is 11.3 Å².